The molecule has 2 aromatic carbocycles. The predicted molar refractivity (Wildman–Crippen MR) is 122 cm³/mol. The highest BCUT2D eigenvalue weighted by atomic mass is 32.2. The average Bonchev–Trinajstić information content (AvgIpc) is 2.98. The first-order valence-electron chi connectivity index (χ1n) is 9.87. The Morgan fingerprint density at radius 3 is 2.50 bits per heavy atom. The van der Waals surface area contributed by atoms with E-state index in [0.29, 0.717) is 18.3 Å². The second-order valence-electron chi connectivity index (χ2n) is 7.39. The third-order valence-corrected chi connectivity index (χ3v) is 6.00. The van der Waals surface area contributed by atoms with Crippen molar-refractivity contribution in [1.82, 2.24) is 4.90 Å². The number of methoxy groups -OCH3 is 1. The fraction of sp³-hybridized carbons (Fsp3) is 0.348. The van der Waals surface area contributed by atoms with E-state index < -0.39 is 5.25 Å². The van der Waals surface area contributed by atoms with Gasteiger partial charge in [0.15, 0.2) is 5.17 Å². The molecule has 0 radical (unpaired) electrons. The summed E-state index contributed by atoms with van der Waals surface area (Å²) >= 11 is 1.33. The second kappa shape index (κ2) is 9.91. The van der Waals surface area contributed by atoms with E-state index in [1.165, 1.54) is 11.8 Å². The summed E-state index contributed by atoms with van der Waals surface area (Å²) in [4.78, 5) is 31.8. The molecule has 6 nitrogen and oxygen atoms in total. The van der Waals surface area contributed by atoms with E-state index in [1.807, 2.05) is 63.2 Å². The van der Waals surface area contributed by atoms with Crippen LogP contribution in [-0.4, -0.2) is 47.4 Å². The van der Waals surface area contributed by atoms with Crippen molar-refractivity contribution in [3.05, 3.63) is 59.2 Å². The Morgan fingerprint density at radius 2 is 1.83 bits per heavy atom. The van der Waals surface area contributed by atoms with Gasteiger partial charge in [0, 0.05) is 19.2 Å². The Kier molecular flexibility index (Phi) is 7.29. The molecule has 7 heteroatoms. The number of carbonyl (C=O) groups is 2. The first kappa shape index (κ1) is 22.1. The SMILES string of the molecule is COCCN1C(=O)[C@H](CC(=O)Nc2ccc(C)cc2C)SC1=Nc1ccc(C)cc1. The Hall–Kier alpha value is -2.64. The summed E-state index contributed by atoms with van der Waals surface area (Å²) in [5.41, 5.74) is 4.82. The molecule has 1 aliphatic rings. The van der Waals surface area contributed by atoms with Crippen LogP contribution in [-0.2, 0) is 14.3 Å². The third-order valence-electron chi connectivity index (χ3n) is 4.82. The molecule has 0 bridgehead atoms. The van der Waals surface area contributed by atoms with Crippen molar-refractivity contribution >= 4 is 40.1 Å². The number of hydrogen-bond acceptors (Lipinski definition) is 5. The highest BCUT2D eigenvalue weighted by Gasteiger charge is 2.39. The Balaban J connectivity index is 1.73. The van der Waals surface area contributed by atoms with Crippen LogP contribution >= 0.6 is 11.8 Å². The quantitative estimate of drug-likeness (QED) is 0.721. The van der Waals surface area contributed by atoms with Crippen LogP contribution in [0.4, 0.5) is 11.4 Å². The number of aliphatic imine (C=N–C) groups is 1. The summed E-state index contributed by atoms with van der Waals surface area (Å²) in [5, 5.41) is 3.03. The van der Waals surface area contributed by atoms with Gasteiger partial charge in [-0.2, -0.15) is 0 Å². The second-order valence-corrected chi connectivity index (χ2v) is 8.56. The molecule has 0 aromatic heterocycles. The molecule has 1 N–H and O–H groups in total. The molecule has 0 saturated carbocycles. The topological polar surface area (TPSA) is 71.0 Å². The van der Waals surface area contributed by atoms with Gasteiger partial charge in [-0.1, -0.05) is 47.2 Å². The van der Waals surface area contributed by atoms with Crippen molar-refractivity contribution in [3.63, 3.8) is 0 Å². The Bertz CT molecular complexity index is 957. The molecule has 30 heavy (non-hydrogen) atoms. The van der Waals surface area contributed by atoms with E-state index in [9.17, 15) is 9.59 Å². The summed E-state index contributed by atoms with van der Waals surface area (Å²) in [6.07, 6.45) is 0.0905. The van der Waals surface area contributed by atoms with Crippen molar-refractivity contribution in [2.75, 3.05) is 25.6 Å². The molecule has 0 unspecified atom stereocenters. The van der Waals surface area contributed by atoms with E-state index in [2.05, 4.69) is 10.3 Å². The zero-order valence-corrected chi connectivity index (χ0v) is 18.6. The van der Waals surface area contributed by atoms with Crippen molar-refractivity contribution in [3.8, 4) is 0 Å². The first-order valence-corrected chi connectivity index (χ1v) is 10.7. The van der Waals surface area contributed by atoms with E-state index in [4.69, 9.17) is 4.74 Å². The normalized spacial score (nSPS) is 17.6. The van der Waals surface area contributed by atoms with Crippen LogP contribution in [0.15, 0.2) is 47.5 Å². The van der Waals surface area contributed by atoms with Gasteiger partial charge in [0.1, 0.15) is 5.25 Å². The molecule has 2 aromatic rings. The molecule has 1 aliphatic heterocycles. The summed E-state index contributed by atoms with van der Waals surface area (Å²) in [6, 6.07) is 13.7. The fourth-order valence-electron chi connectivity index (χ4n) is 3.17. The van der Waals surface area contributed by atoms with Crippen molar-refractivity contribution in [1.29, 1.82) is 0 Å². The van der Waals surface area contributed by atoms with Crippen LogP contribution in [0.1, 0.15) is 23.1 Å². The molecule has 1 atom stereocenters. The number of nitrogens with one attached hydrogen (secondary N) is 1. The van der Waals surface area contributed by atoms with Gasteiger partial charge in [0.05, 0.1) is 18.8 Å². The number of thioether (sulfide) groups is 1. The average molecular weight is 426 g/mol. The minimum Gasteiger partial charge on any atom is -0.383 e. The van der Waals surface area contributed by atoms with Gasteiger partial charge in [0.25, 0.3) is 0 Å². The van der Waals surface area contributed by atoms with Crippen LogP contribution in [0.25, 0.3) is 0 Å². The smallest absolute Gasteiger partial charge is 0.242 e. The number of amidine groups is 1. The van der Waals surface area contributed by atoms with Crippen LogP contribution < -0.4 is 5.32 Å². The predicted octanol–water partition coefficient (Wildman–Crippen LogP) is 4.22. The van der Waals surface area contributed by atoms with Gasteiger partial charge in [-0.05, 0) is 44.5 Å². The molecular weight excluding hydrogens is 398 g/mol. The lowest BCUT2D eigenvalue weighted by Gasteiger charge is -2.16. The van der Waals surface area contributed by atoms with Gasteiger partial charge in [-0.15, -0.1) is 0 Å². The lowest BCUT2D eigenvalue weighted by atomic mass is 10.1. The monoisotopic (exact) mass is 425 g/mol. The molecule has 1 saturated heterocycles. The maximum absolute atomic E-state index is 13.0. The maximum Gasteiger partial charge on any atom is 0.242 e. The fourth-order valence-corrected chi connectivity index (χ4v) is 4.35. The van der Waals surface area contributed by atoms with E-state index in [1.54, 1.807) is 12.0 Å². The minimum absolute atomic E-state index is 0.0905. The zero-order chi connectivity index (χ0) is 21.7. The van der Waals surface area contributed by atoms with Gasteiger partial charge in [0.2, 0.25) is 11.8 Å². The van der Waals surface area contributed by atoms with E-state index >= 15 is 0 Å². The number of benzene rings is 2. The Morgan fingerprint density at radius 1 is 1.13 bits per heavy atom. The number of aryl methyl sites for hydroxylation is 3. The van der Waals surface area contributed by atoms with Crippen LogP contribution in [0.2, 0.25) is 0 Å². The summed E-state index contributed by atoms with van der Waals surface area (Å²) in [7, 11) is 1.60. The highest BCUT2D eigenvalue weighted by Crippen LogP contribution is 2.32. The molecular formula is C23H27N3O3S. The summed E-state index contributed by atoms with van der Waals surface area (Å²) in [6.45, 7) is 6.79. The molecule has 0 spiro atoms. The first-order chi connectivity index (χ1) is 14.4. The van der Waals surface area contributed by atoms with Gasteiger partial charge in [-0.3, -0.25) is 14.5 Å². The van der Waals surface area contributed by atoms with Crippen LogP contribution in [0.5, 0.6) is 0 Å². The number of amides is 2. The van der Waals surface area contributed by atoms with Crippen molar-refractivity contribution in [2.45, 2.75) is 32.4 Å². The molecule has 2 amide bonds. The Labute approximate surface area is 181 Å². The molecule has 0 aliphatic carbocycles. The number of anilines is 1. The highest BCUT2D eigenvalue weighted by molar-refractivity contribution is 8.15. The van der Waals surface area contributed by atoms with Gasteiger partial charge < -0.3 is 10.1 Å². The lowest BCUT2D eigenvalue weighted by Crippen LogP contribution is -2.35. The molecule has 158 valence electrons. The number of hydrogen-bond donors (Lipinski definition) is 1. The van der Waals surface area contributed by atoms with E-state index in [-0.39, 0.29) is 18.2 Å². The van der Waals surface area contributed by atoms with Crippen molar-refractivity contribution in [2.24, 2.45) is 4.99 Å². The number of nitrogens with zero attached hydrogens (tertiary/aromatic N) is 2. The standard InChI is InChI=1S/C23H27N3O3S/c1-15-5-8-18(9-6-15)24-23-26(11-12-29-4)22(28)20(30-23)14-21(27)25-19-10-7-16(2)13-17(19)3/h5-10,13,20H,11-12,14H2,1-4H3,(H,25,27)/t20-/m0/s1. The van der Waals surface area contributed by atoms with Gasteiger partial charge in [-0.25, -0.2) is 4.99 Å². The number of carbonyl (C=O) groups excluding carboxylic acids is 2. The molecule has 1 heterocycles. The van der Waals surface area contributed by atoms with Crippen LogP contribution in [0.3, 0.4) is 0 Å². The number of rotatable bonds is 7. The zero-order valence-electron chi connectivity index (χ0n) is 17.8. The lowest BCUT2D eigenvalue weighted by molar-refractivity contribution is -0.128. The minimum atomic E-state index is -0.503. The molecule has 1 fully saturated rings. The van der Waals surface area contributed by atoms with Crippen molar-refractivity contribution < 1.29 is 14.3 Å². The summed E-state index contributed by atoms with van der Waals surface area (Å²) < 4.78 is 5.15. The molecule has 3 rings (SSSR count). The maximum atomic E-state index is 13.0. The largest absolute Gasteiger partial charge is 0.383 e. The van der Waals surface area contributed by atoms with Gasteiger partial charge >= 0.3 is 0 Å². The van der Waals surface area contributed by atoms with Crippen LogP contribution in [0, 0.1) is 20.8 Å². The number of ether oxygens (including phenoxy) is 1. The van der Waals surface area contributed by atoms with E-state index in [0.717, 1.165) is 28.1 Å². The third kappa shape index (κ3) is 5.49. The summed E-state index contributed by atoms with van der Waals surface area (Å²) in [5.74, 6) is -0.297.